The first-order valence-electron chi connectivity index (χ1n) is 9.98. The molecule has 1 heterocycles. The first-order chi connectivity index (χ1) is 14.1. The molecule has 0 aliphatic carbocycles. The minimum Gasteiger partial charge on any atom is -0.494 e. The minimum atomic E-state index is -0.367. The molecule has 0 saturated heterocycles. The molecular weight excluding hydrogens is 494 g/mol. The van der Waals surface area contributed by atoms with Gasteiger partial charge in [-0.25, -0.2) is 9.38 Å². The number of nitrogens with one attached hydrogen (secondary N) is 2. The first kappa shape index (κ1) is 24.0. The van der Waals surface area contributed by atoms with E-state index in [1.807, 2.05) is 19.9 Å². The van der Waals surface area contributed by atoms with E-state index < -0.39 is 0 Å². The Balaban J connectivity index is 0.00000320. The molecule has 0 aromatic heterocycles. The number of methoxy groups -OCH3 is 1. The summed E-state index contributed by atoms with van der Waals surface area (Å²) in [6, 6.07) is 13.4. The van der Waals surface area contributed by atoms with Crippen molar-refractivity contribution >= 4 is 35.6 Å². The van der Waals surface area contributed by atoms with Gasteiger partial charge in [0.15, 0.2) is 17.5 Å². The van der Waals surface area contributed by atoms with Gasteiger partial charge in [0.2, 0.25) is 0 Å². The maximum atomic E-state index is 14.0. The van der Waals surface area contributed by atoms with Gasteiger partial charge in [-0.1, -0.05) is 30.4 Å². The largest absolute Gasteiger partial charge is 0.494 e. The maximum Gasteiger partial charge on any atom is 0.192 e. The van der Waals surface area contributed by atoms with E-state index in [9.17, 15) is 4.39 Å². The molecule has 3 rings (SSSR count). The molecule has 162 valence electrons. The Morgan fingerprint density at radius 1 is 1.17 bits per heavy atom. The standard InChI is InChI=1S/C23H29FN4O.HI/c1-4-25-23(27-17(2)19-9-12-22(29-3)21(24)15-19)26-16-18-7-10-20(11-8-18)28-13-5-6-14-28;/h5-12,15,17H,4,13-14,16H2,1-3H3,(H2,25,26,27);1H. The Morgan fingerprint density at radius 2 is 1.87 bits per heavy atom. The molecular formula is C23H30FIN4O. The van der Waals surface area contributed by atoms with Crippen molar-refractivity contribution < 1.29 is 9.13 Å². The number of anilines is 1. The number of benzene rings is 2. The molecule has 1 atom stereocenters. The SMILES string of the molecule is CCNC(=NCc1ccc(N2CC=CC2)cc1)NC(C)c1ccc(OC)c(F)c1.I. The van der Waals surface area contributed by atoms with Crippen LogP contribution in [-0.4, -0.2) is 32.7 Å². The maximum absolute atomic E-state index is 14.0. The fraction of sp³-hybridized carbons (Fsp3) is 0.348. The van der Waals surface area contributed by atoms with Gasteiger partial charge in [-0.05, 0) is 49.2 Å². The van der Waals surface area contributed by atoms with Crippen LogP contribution in [0, 0.1) is 5.82 Å². The van der Waals surface area contributed by atoms with Crippen LogP contribution in [-0.2, 0) is 6.54 Å². The summed E-state index contributed by atoms with van der Waals surface area (Å²) in [6.45, 7) is 7.25. The van der Waals surface area contributed by atoms with Gasteiger partial charge in [0, 0.05) is 25.3 Å². The van der Waals surface area contributed by atoms with Crippen molar-refractivity contribution in [2.45, 2.75) is 26.4 Å². The molecule has 5 nitrogen and oxygen atoms in total. The summed E-state index contributed by atoms with van der Waals surface area (Å²) >= 11 is 0. The highest BCUT2D eigenvalue weighted by Crippen LogP contribution is 2.22. The summed E-state index contributed by atoms with van der Waals surface area (Å²) in [7, 11) is 1.46. The van der Waals surface area contributed by atoms with Gasteiger partial charge in [-0.15, -0.1) is 24.0 Å². The number of hydrogen-bond acceptors (Lipinski definition) is 3. The average molecular weight is 524 g/mol. The highest BCUT2D eigenvalue weighted by molar-refractivity contribution is 14.0. The smallest absolute Gasteiger partial charge is 0.192 e. The molecule has 30 heavy (non-hydrogen) atoms. The van der Waals surface area contributed by atoms with Crippen LogP contribution < -0.4 is 20.3 Å². The summed E-state index contributed by atoms with van der Waals surface area (Å²) in [6.07, 6.45) is 4.37. The van der Waals surface area contributed by atoms with Crippen LogP contribution in [0.4, 0.5) is 10.1 Å². The van der Waals surface area contributed by atoms with Crippen LogP contribution in [0.25, 0.3) is 0 Å². The molecule has 2 aromatic carbocycles. The van der Waals surface area contributed by atoms with E-state index in [0.717, 1.165) is 30.8 Å². The Kier molecular flexibility index (Phi) is 9.42. The molecule has 1 aliphatic rings. The summed E-state index contributed by atoms with van der Waals surface area (Å²) in [5.41, 5.74) is 3.20. The van der Waals surface area contributed by atoms with Crippen LogP contribution in [0.3, 0.4) is 0 Å². The molecule has 0 spiro atoms. The van der Waals surface area contributed by atoms with Gasteiger partial charge >= 0.3 is 0 Å². The number of halogens is 2. The van der Waals surface area contributed by atoms with Gasteiger partial charge in [0.1, 0.15) is 0 Å². The second-order valence-electron chi connectivity index (χ2n) is 7.00. The van der Waals surface area contributed by atoms with Crippen molar-refractivity contribution in [1.82, 2.24) is 10.6 Å². The molecule has 2 aromatic rings. The lowest BCUT2D eigenvalue weighted by molar-refractivity contribution is 0.386. The van der Waals surface area contributed by atoms with E-state index in [-0.39, 0.29) is 41.6 Å². The van der Waals surface area contributed by atoms with E-state index >= 15 is 0 Å². The van der Waals surface area contributed by atoms with Gasteiger partial charge in [0.25, 0.3) is 0 Å². The number of hydrogen-bond donors (Lipinski definition) is 2. The van der Waals surface area contributed by atoms with Crippen molar-refractivity contribution in [3.8, 4) is 5.75 Å². The average Bonchev–Trinajstić information content (AvgIpc) is 3.27. The Hall–Kier alpha value is -2.29. The zero-order chi connectivity index (χ0) is 20.6. The van der Waals surface area contributed by atoms with Crippen molar-refractivity contribution in [1.29, 1.82) is 0 Å². The second-order valence-corrected chi connectivity index (χ2v) is 7.00. The van der Waals surface area contributed by atoms with Gasteiger partial charge in [0.05, 0.1) is 19.7 Å². The molecule has 0 saturated carbocycles. The minimum absolute atomic E-state index is 0. The first-order valence-corrected chi connectivity index (χ1v) is 9.98. The van der Waals surface area contributed by atoms with Crippen molar-refractivity contribution in [2.75, 3.05) is 31.6 Å². The molecule has 0 bridgehead atoms. The lowest BCUT2D eigenvalue weighted by Gasteiger charge is -2.19. The summed E-state index contributed by atoms with van der Waals surface area (Å²) < 4.78 is 19.0. The van der Waals surface area contributed by atoms with E-state index in [2.05, 4.69) is 56.9 Å². The van der Waals surface area contributed by atoms with Gasteiger partial charge in [-0.3, -0.25) is 0 Å². The van der Waals surface area contributed by atoms with E-state index in [4.69, 9.17) is 4.74 Å². The van der Waals surface area contributed by atoms with Crippen LogP contribution in [0.15, 0.2) is 59.6 Å². The van der Waals surface area contributed by atoms with Crippen LogP contribution in [0.2, 0.25) is 0 Å². The number of guanidine groups is 1. The predicted octanol–water partition coefficient (Wildman–Crippen LogP) is 4.64. The zero-order valence-corrected chi connectivity index (χ0v) is 20.0. The second kappa shape index (κ2) is 11.8. The van der Waals surface area contributed by atoms with Crippen LogP contribution in [0.5, 0.6) is 5.75 Å². The molecule has 7 heteroatoms. The van der Waals surface area contributed by atoms with Crippen molar-refractivity contribution in [2.24, 2.45) is 4.99 Å². The number of ether oxygens (including phenoxy) is 1. The number of aliphatic imine (C=N–C) groups is 1. The lowest BCUT2D eigenvalue weighted by atomic mass is 10.1. The number of rotatable bonds is 7. The summed E-state index contributed by atoms with van der Waals surface area (Å²) in [5.74, 6) is 0.576. The molecule has 1 unspecified atom stereocenters. The highest BCUT2D eigenvalue weighted by atomic mass is 127. The topological polar surface area (TPSA) is 48.9 Å². The van der Waals surface area contributed by atoms with Gasteiger partial charge in [-0.2, -0.15) is 0 Å². The van der Waals surface area contributed by atoms with Crippen LogP contribution in [0.1, 0.15) is 31.0 Å². The van der Waals surface area contributed by atoms with E-state index in [1.54, 1.807) is 6.07 Å². The van der Waals surface area contributed by atoms with E-state index in [1.165, 1.54) is 18.9 Å². The third-order valence-electron chi connectivity index (χ3n) is 4.91. The fourth-order valence-corrected chi connectivity index (χ4v) is 3.23. The monoisotopic (exact) mass is 524 g/mol. The normalized spacial score (nSPS) is 14.3. The quantitative estimate of drug-likeness (QED) is 0.240. The third kappa shape index (κ3) is 6.35. The summed E-state index contributed by atoms with van der Waals surface area (Å²) in [4.78, 5) is 7.00. The number of nitrogens with zero attached hydrogens (tertiary/aromatic N) is 2. The molecule has 0 amide bonds. The molecule has 1 aliphatic heterocycles. The van der Waals surface area contributed by atoms with E-state index in [0.29, 0.717) is 12.5 Å². The molecule has 0 fully saturated rings. The highest BCUT2D eigenvalue weighted by Gasteiger charge is 2.11. The van der Waals surface area contributed by atoms with Crippen molar-refractivity contribution in [3.05, 3.63) is 71.6 Å². The third-order valence-corrected chi connectivity index (χ3v) is 4.91. The lowest BCUT2D eigenvalue weighted by Crippen LogP contribution is -2.38. The fourth-order valence-electron chi connectivity index (χ4n) is 3.23. The Morgan fingerprint density at radius 3 is 2.47 bits per heavy atom. The van der Waals surface area contributed by atoms with Crippen LogP contribution >= 0.6 is 24.0 Å². The Labute approximate surface area is 195 Å². The molecule has 0 radical (unpaired) electrons. The summed E-state index contributed by atoms with van der Waals surface area (Å²) in [5, 5.41) is 6.59. The predicted molar refractivity (Wildman–Crippen MR) is 133 cm³/mol. The molecule has 2 N–H and O–H groups in total. The van der Waals surface area contributed by atoms with Crippen molar-refractivity contribution in [3.63, 3.8) is 0 Å². The van der Waals surface area contributed by atoms with Gasteiger partial charge < -0.3 is 20.3 Å². The Bertz CT molecular complexity index is 862. The zero-order valence-electron chi connectivity index (χ0n) is 17.7.